The second-order valence-electron chi connectivity index (χ2n) is 5.23. The van der Waals surface area contributed by atoms with Gasteiger partial charge in [-0.05, 0) is 37.3 Å². The Hall–Kier alpha value is -3.75. The lowest BCUT2D eigenvalue weighted by Crippen LogP contribution is -2.21. The van der Waals surface area contributed by atoms with Gasteiger partial charge in [-0.25, -0.2) is 9.59 Å². The second-order valence-corrected chi connectivity index (χ2v) is 5.23. The van der Waals surface area contributed by atoms with Gasteiger partial charge in [0, 0.05) is 17.8 Å². The third-order valence-corrected chi connectivity index (χ3v) is 3.31. The van der Waals surface area contributed by atoms with Crippen LogP contribution in [-0.4, -0.2) is 36.0 Å². The summed E-state index contributed by atoms with van der Waals surface area (Å²) in [6.45, 7) is 1.38. The van der Waals surface area contributed by atoms with E-state index in [1.807, 2.05) is 0 Å². The van der Waals surface area contributed by atoms with Gasteiger partial charge >= 0.3 is 11.9 Å². The molecular weight excluding hydrogens is 356 g/mol. The highest BCUT2D eigenvalue weighted by molar-refractivity contribution is 5.96. The molecule has 2 rings (SSSR count). The lowest BCUT2D eigenvalue weighted by atomic mass is 10.2. The Bertz CT molecular complexity index is 862. The predicted molar refractivity (Wildman–Crippen MR) is 94.4 cm³/mol. The zero-order chi connectivity index (χ0) is 19.8. The molecule has 9 heteroatoms. The maximum Gasteiger partial charge on any atom is 0.338 e. The number of nitro groups is 1. The molecule has 0 unspecified atom stereocenters. The summed E-state index contributed by atoms with van der Waals surface area (Å²) in [4.78, 5) is 45.4. The van der Waals surface area contributed by atoms with E-state index in [0.717, 1.165) is 6.07 Å². The average molecular weight is 372 g/mol. The van der Waals surface area contributed by atoms with Gasteiger partial charge in [0.2, 0.25) is 0 Å². The minimum Gasteiger partial charge on any atom is -0.462 e. The number of hydrogen-bond acceptors (Lipinski definition) is 7. The summed E-state index contributed by atoms with van der Waals surface area (Å²) in [6, 6.07) is 11.0. The molecule has 1 amide bonds. The number of nitrogens with one attached hydrogen (secondary N) is 1. The Labute approximate surface area is 154 Å². The molecule has 2 aromatic carbocycles. The van der Waals surface area contributed by atoms with Crippen LogP contribution in [-0.2, 0) is 14.3 Å². The van der Waals surface area contributed by atoms with Gasteiger partial charge in [0.25, 0.3) is 11.6 Å². The van der Waals surface area contributed by atoms with Gasteiger partial charge in [-0.15, -0.1) is 0 Å². The first-order chi connectivity index (χ1) is 12.9. The fourth-order valence-electron chi connectivity index (χ4n) is 2.06. The summed E-state index contributed by atoms with van der Waals surface area (Å²) in [5.41, 5.74) is 0.456. The van der Waals surface area contributed by atoms with E-state index in [2.05, 4.69) is 5.32 Å². The van der Waals surface area contributed by atoms with Crippen molar-refractivity contribution in [3.63, 3.8) is 0 Å². The van der Waals surface area contributed by atoms with Crippen molar-refractivity contribution in [2.24, 2.45) is 0 Å². The Kier molecular flexibility index (Phi) is 6.59. The molecule has 9 nitrogen and oxygen atoms in total. The number of esters is 2. The minimum atomic E-state index is -0.855. The predicted octanol–water partition coefficient (Wildman–Crippen LogP) is 2.57. The van der Waals surface area contributed by atoms with Crippen LogP contribution in [0.2, 0.25) is 0 Å². The van der Waals surface area contributed by atoms with Crippen molar-refractivity contribution in [2.45, 2.75) is 6.92 Å². The minimum absolute atomic E-state index is 0.0317. The second kappa shape index (κ2) is 9.09. The van der Waals surface area contributed by atoms with E-state index < -0.39 is 29.4 Å². The Morgan fingerprint density at radius 3 is 2.30 bits per heavy atom. The van der Waals surface area contributed by atoms with Crippen molar-refractivity contribution in [2.75, 3.05) is 18.5 Å². The number of nitro benzene ring substituents is 1. The monoisotopic (exact) mass is 372 g/mol. The lowest BCUT2D eigenvalue weighted by Gasteiger charge is -2.07. The summed E-state index contributed by atoms with van der Waals surface area (Å²) in [5.74, 6) is -1.93. The summed E-state index contributed by atoms with van der Waals surface area (Å²) in [7, 11) is 0. The largest absolute Gasteiger partial charge is 0.462 e. The Morgan fingerprint density at radius 1 is 1.00 bits per heavy atom. The molecule has 0 fully saturated rings. The van der Waals surface area contributed by atoms with Gasteiger partial charge in [0.1, 0.15) is 0 Å². The van der Waals surface area contributed by atoms with Crippen molar-refractivity contribution >= 4 is 29.2 Å². The van der Waals surface area contributed by atoms with E-state index in [-0.39, 0.29) is 17.9 Å². The molecule has 0 aromatic heterocycles. The van der Waals surface area contributed by atoms with Crippen molar-refractivity contribution in [1.29, 1.82) is 0 Å². The van der Waals surface area contributed by atoms with Crippen LogP contribution < -0.4 is 5.32 Å². The average Bonchev–Trinajstić information content (AvgIpc) is 2.67. The first kappa shape index (κ1) is 19.6. The number of carbonyl (C=O) groups excluding carboxylic acids is 3. The standard InChI is InChI=1S/C18H16N2O7/c1-2-26-17(22)12-6-8-14(9-7-12)19-16(21)11-27-18(23)13-4-3-5-15(10-13)20(24)25/h3-10H,2,11H2,1H3,(H,19,21). The molecular formula is C18H16N2O7. The maximum atomic E-state index is 11.9. The highest BCUT2D eigenvalue weighted by Crippen LogP contribution is 2.14. The zero-order valence-corrected chi connectivity index (χ0v) is 14.3. The highest BCUT2D eigenvalue weighted by atomic mass is 16.6. The van der Waals surface area contributed by atoms with E-state index >= 15 is 0 Å². The van der Waals surface area contributed by atoms with Crippen molar-refractivity contribution in [1.82, 2.24) is 0 Å². The van der Waals surface area contributed by atoms with Crippen LogP contribution in [0.25, 0.3) is 0 Å². The van der Waals surface area contributed by atoms with Crippen LogP contribution in [0.5, 0.6) is 0 Å². The quantitative estimate of drug-likeness (QED) is 0.450. The normalized spacial score (nSPS) is 9.96. The molecule has 27 heavy (non-hydrogen) atoms. The van der Waals surface area contributed by atoms with E-state index in [9.17, 15) is 24.5 Å². The first-order valence-electron chi connectivity index (χ1n) is 7.89. The molecule has 0 spiro atoms. The topological polar surface area (TPSA) is 125 Å². The SMILES string of the molecule is CCOC(=O)c1ccc(NC(=O)COC(=O)c2cccc([N+](=O)[O-])c2)cc1. The van der Waals surface area contributed by atoms with Crippen molar-refractivity contribution in [3.05, 3.63) is 69.8 Å². The number of anilines is 1. The smallest absolute Gasteiger partial charge is 0.338 e. The number of ether oxygens (including phenoxy) is 2. The fourth-order valence-corrected chi connectivity index (χ4v) is 2.06. The number of rotatable bonds is 7. The summed E-state index contributed by atoms with van der Waals surface area (Å²) in [6.07, 6.45) is 0. The van der Waals surface area contributed by atoms with Crippen LogP contribution in [0.15, 0.2) is 48.5 Å². The molecule has 0 radical (unpaired) electrons. The lowest BCUT2D eigenvalue weighted by molar-refractivity contribution is -0.384. The highest BCUT2D eigenvalue weighted by Gasteiger charge is 2.14. The molecule has 1 N–H and O–H groups in total. The Morgan fingerprint density at radius 2 is 1.67 bits per heavy atom. The van der Waals surface area contributed by atoms with Gasteiger partial charge in [-0.2, -0.15) is 0 Å². The molecule has 2 aromatic rings. The van der Waals surface area contributed by atoms with E-state index in [0.29, 0.717) is 11.3 Å². The molecule has 0 heterocycles. The zero-order valence-electron chi connectivity index (χ0n) is 14.3. The number of benzene rings is 2. The molecule has 0 saturated heterocycles. The van der Waals surface area contributed by atoms with Gasteiger partial charge < -0.3 is 14.8 Å². The van der Waals surface area contributed by atoms with Crippen LogP contribution in [0.3, 0.4) is 0 Å². The number of carbonyl (C=O) groups is 3. The molecule has 0 aliphatic heterocycles. The Balaban J connectivity index is 1.88. The van der Waals surface area contributed by atoms with E-state index in [4.69, 9.17) is 9.47 Å². The molecule has 0 bridgehead atoms. The number of hydrogen-bond donors (Lipinski definition) is 1. The van der Waals surface area contributed by atoms with Crippen molar-refractivity contribution < 1.29 is 28.8 Å². The summed E-state index contributed by atoms with van der Waals surface area (Å²) >= 11 is 0. The van der Waals surface area contributed by atoms with Crippen molar-refractivity contribution in [3.8, 4) is 0 Å². The van der Waals surface area contributed by atoms with Crippen LogP contribution in [0.1, 0.15) is 27.6 Å². The molecule has 0 atom stereocenters. The van der Waals surface area contributed by atoms with Crippen LogP contribution in [0, 0.1) is 10.1 Å². The molecule has 0 aliphatic rings. The number of amides is 1. The maximum absolute atomic E-state index is 11.9. The molecule has 0 saturated carbocycles. The summed E-state index contributed by atoms with van der Waals surface area (Å²) < 4.78 is 9.70. The van der Waals surface area contributed by atoms with Crippen LogP contribution >= 0.6 is 0 Å². The van der Waals surface area contributed by atoms with Gasteiger partial charge in [0.15, 0.2) is 6.61 Å². The number of non-ortho nitro benzene ring substituents is 1. The van der Waals surface area contributed by atoms with E-state index in [1.165, 1.54) is 42.5 Å². The van der Waals surface area contributed by atoms with Gasteiger partial charge in [-0.1, -0.05) is 6.07 Å². The third-order valence-electron chi connectivity index (χ3n) is 3.31. The van der Waals surface area contributed by atoms with Crippen LogP contribution in [0.4, 0.5) is 11.4 Å². The summed E-state index contributed by atoms with van der Waals surface area (Å²) in [5, 5.41) is 13.2. The molecule has 0 aliphatic carbocycles. The van der Waals surface area contributed by atoms with Gasteiger partial charge in [-0.3, -0.25) is 14.9 Å². The number of nitrogens with zero attached hydrogens (tertiary/aromatic N) is 1. The van der Waals surface area contributed by atoms with E-state index in [1.54, 1.807) is 6.92 Å². The first-order valence-corrected chi connectivity index (χ1v) is 7.89. The third kappa shape index (κ3) is 5.63. The fraction of sp³-hybridized carbons (Fsp3) is 0.167. The van der Waals surface area contributed by atoms with Gasteiger partial charge in [0.05, 0.1) is 22.7 Å². The molecule has 140 valence electrons.